The summed E-state index contributed by atoms with van der Waals surface area (Å²) < 4.78 is 32.0. The molecule has 0 atom stereocenters. The van der Waals surface area contributed by atoms with E-state index in [1.807, 2.05) is 19.1 Å². The van der Waals surface area contributed by atoms with Gasteiger partial charge in [-0.25, -0.2) is 8.42 Å². The molecule has 2 aromatic carbocycles. The van der Waals surface area contributed by atoms with Crippen LogP contribution in [0.1, 0.15) is 29.8 Å². The van der Waals surface area contributed by atoms with Crippen molar-refractivity contribution >= 4 is 21.6 Å². The maximum absolute atomic E-state index is 12.8. The highest BCUT2D eigenvalue weighted by Gasteiger charge is 2.22. The van der Waals surface area contributed by atoms with Crippen molar-refractivity contribution in [3.05, 3.63) is 60.0 Å². The zero-order valence-corrected chi connectivity index (χ0v) is 17.2. The molecule has 1 amide bonds. The van der Waals surface area contributed by atoms with E-state index in [4.69, 9.17) is 4.42 Å². The Bertz CT molecular complexity index is 1110. The van der Waals surface area contributed by atoms with Crippen molar-refractivity contribution in [3.63, 3.8) is 0 Å². The molecule has 0 saturated carbocycles. The third-order valence-electron chi connectivity index (χ3n) is 4.53. The SMILES string of the molecule is CCN(CC)S(=O)(=O)c1cccc(C(=O)Nc2cc(-c3nnco3)ccc2C)c1. The molecule has 152 valence electrons. The molecule has 1 N–H and O–H groups in total. The molecule has 0 unspecified atom stereocenters. The molecule has 0 fully saturated rings. The number of nitrogens with one attached hydrogen (secondary N) is 1. The monoisotopic (exact) mass is 414 g/mol. The van der Waals surface area contributed by atoms with Crippen LogP contribution in [0.3, 0.4) is 0 Å². The Kier molecular flexibility index (Phi) is 6.09. The number of aromatic nitrogens is 2. The highest BCUT2D eigenvalue weighted by Crippen LogP contribution is 2.25. The fourth-order valence-electron chi connectivity index (χ4n) is 2.89. The van der Waals surface area contributed by atoms with Crippen LogP contribution >= 0.6 is 0 Å². The first-order valence-electron chi connectivity index (χ1n) is 9.15. The molecule has 29 heavy (non-hydrogen) atoms. The van der Waals surface area contributed by atoms with Crippen molar-refractivity contribution in [2.75, 3.05) is 18.4 Å². The summed E-state index contributed by atoms with van der Waals surface area (Å²) in [6, 6.07) is 11.4. The first-order chi connectivity index (χ1) is 13.9. The molecule has 0 aliphatic rings. The molecule has 0 bridgehead atoms. The highest BCUT2D eigenvalue weighted by atomic mass is 32.2. The predicted molar refractivity (Wildman–Crippen MR) is 109 cm³/mol. The van der Waals surface area contributed by atoms with Gasteiger partial charge in [0.2, 0.25) is 22.3 Å². The van der Waals surface area contributed by atoms with E-state index in [2.05, 4.69) is 15.5 Å². The van der Waals surface area contributed by atoms with Gasteiger partial charge in [-0.2, -0.15) is 4.31 Å². The van der Waals surface area contributed by atoms with Crippen LogP contribution in [0.15, 0.2) is 58.2 Å². The fourth-order valence-corrected chi connectivity index (χ4v) is 4.40. The molecular weight excluding hydrogens is 392 g/mol. The lowest BCUT2D eigenvalue weighted by Gasteiger charge is -2.18. The van der Waals surface area contributed by atoms with Crippen molar-refractivity contribution in [2.24, 2.45) is 0 Å². The summed E-state index contributed by atoms with van der Waals surface area (Å²) in [5.74, 6) is -0.0693. The van der Waals surface area contributed by atoms with Crippen LogP contribution in [0.2, 0.25) is 0 Å². The molecule has 0 saturated heterocycles. The number of benzene rings is 2. The van der Waals surface area contributed by atoms with Gasteiger partial charge in [0, 0.05) is 29.9 Å². The van der Waals surface area contributed by atoms with E-state index in [9.17, 15) is 13.2 Å². The predicted octanol–water partition coefficient (Wildman–Crippen LogP) is 3.33. The van der Waals surface area contributed by atoms with Crippen LogP contribution in [-0.4, -0.2) is 41.9 Å². The largest absolute Gasteiger partial charge is 0.423 e. The van der Waals surface area contributed by atoms with Crippen molar-refractivity contribution in [2.45, 2.75) is 25.7 Å². The number of hydrogen-bond acceptors (Lipinski definition) is 6. The van der Waals surface area contributed by atoms with Crippen molar-refractivity contribution < 1.29 is 17.6 Å². The third kappa shape index (κ3) is 4.36. The first-order valence-corrected chi connectivity index (χ1v) is 10.6. The van der Waals surface area contributed by atoms with Gasteiger partial charge in [0.05, 0.1) is 4.90 Å². The average molecular weight is 414 g/mol. The second-order valence-corrected chi connectivity index (χ2v) is 8.28. The van der Waals surface area contributed by atoms with Gasteiger partial charge in [-0.15, -0.1) is 10.2 Å². The topological polar surface area (TPSA) is 105 Å². The molecule has 0 spiro atoms. The van der Waals surface area contributed by atoms with E-state index in [-0.39, 0.29) is 10.5 Å². The van der Waals surface area contributed by atoms with E-state index >= 15 is 0 Å². The number of anilines is 1. The van der Waals surface area contributed by atoms with Gasteiger partial charge in [-0.3, -0.25) is 4.79 Å². The molecule has 0 aliphatic heterocycles. The summed E-state index contributed by atoms with van der Waals surface area (Å²) >= 11 is 0. The summed E-state index contributed by atoms with van der Waals surface area (Å²) in [5, 5.41) is 10.3. The normalized spacial score (nSPS) is 11.6. The highest BCUT2D eigenvalue weighted by molar-refractivity contribution is 7.89. The van der Waals surface area contributed by atoms with E-state index in [0.29, 0.717) is 30.2 Å². The molecule has 1 aromatic heterocycles. The molecule has 3 aromatic rings. The van der Waals surface area contributed by atoms with Gasteiger partial charge in [-0.05, 0) is 42.8 Å². The Morgan fingerprint density at radius 2 is 1.90 bits per heavy atom. The third-order valence-corrected chi connectivity index (χ3v) is 6.58. The number of aryl methyl sites for hydroxylation is 1. The van der Waals surface area contributed by atoms with E-state index in [1.54, 1.807) is 32.0 Å². The summed E-state index contributed by atoms with van der Waals surface area (Å²) in [6.07, 6.45) is 1.23. The Balaban J connectivity index is 1.88. The van der Waals surface area contributed by atoms with Gasteiger partial charge in [0.25, 0.3) is 5.91 Å². The lowest BCUT2D eigenvalue weighted by molar-refractivity contribution is 0.102. The van der Waals surface area contributed by atoms with E-state index < -0.39 is 15.9 Å². The van der Waals surface area contributed by atoms with Gasteiger partial charge < -0.3 is 9.73 Å². The lowest BCUT2D eigenvalue weighted by Crippen LogP contribution is -2.30. The fraction of sp³-hybridized carbons (Fsp3) is 0.250. The molecule has 1 heterocycles. The number of rotatable bonds is 7. The summed E-state index contributed by atoms with van der Waals surface area (Å²) in [4.78, 5) is 12.9. The number of carbonyl (C=O) groups excluding carboxylic acids is 1. The van der Waals surface area contributed by atoms with Crippen LogP contribution in [0.5, 0.6) is 0 Å². The van der Waals surface area contributed by atoms with E-state index in [0.717, 1.165) is 5.56 Å². The van der Waals surface area contributed by atoms with Crippen molar-refractivity contribution in [3.8, 4) is 11.5 Å². The van der Waals surface area contributed by atoms with Gasteiger partial charge in [0.1, 0.15) is 0 Å². The number of amides is 1. The number of hydrogen-bond donors (Lipinski definition) is 1. The van der Waals surface area contributed by atoms with Crippen LogP contribution in [0.25, 0.3) is 11.5 Å². The standard InChI is InChI=1S/C20H22N4O4S/c1-4-24(5-2)29(26,27)17-8-6-7-15(11-17)19(25)22-18-12-16(10-9-14(18)3)20-23-21-13-28-20/h6-13H,4-5H2,1-3H3,(H,22,25). The molecule has 3 rings (SSSR count). The number of sulfonamides is 1. The molecule has 9 heteroatoms. The summed E-state index contributed by atoms with van der Waals surface area (Å²) in [5.41, 5.74) is 2.33. The Morgan fingerprint density at radius 3 is 2.55 bits per heavy atom. The van der Waals surface area contributed by atoms with Gasteiger partial charge >= 0.3 is 0 Å². The maximum Gasteiger partial charge on any atom is 0.255 e. The Morgan fingerprint density at radius 1 is 1.14 bits per heavy atom. The van der Waals surface area contributed by atoms with Gasteiger partial charge in [-0.1, -0.05) is 26.0 Å². The van der Waals surface area contributed by atoms with Crippen LogP contribution in [0.4, 0.5) is 5.69 Å². The Labute approximate surface area is 169 Å². The van der Waals surface area contributed by atoms with Crippen LogP contribution in [0, 0.1) is 6.92 Å². The summed E-state index contributed by atoms with van der Waals surface area (Å²) in [6.45, 7) is 6.12. The number of carbonyl (C=O) groups is 1. The van der Waals surface area contributed by atoms with Gasteiger partial charge in [0.15, 0.2) is 0 Å². The minimum atomic E-state index is -3.65. The zero-order chi connectivity index (χ0) is 21.0. The van der Waals surface area contributed by atoms with Crippen molar-refractivity contribution in [1.82, 2.24) is 14.5 Å². The molecular formula is C20H22N4O4S. The van der Waals surface area contributed by atoms with Crippen molar-refractivity contribution in [1.29, 1.82) is 0 Å². The minimum Gasteiger partial charge on any atom is -0.423 e. The van der Waals surface area contributed by atoms with Crippen LogP contribution < -0.4 is 5.32 Å². The smallest absolute Gasteiger partial charge is 0.255 e. The number of nitrogens with zero attached hydrogens (tertiary/aromatic N) is 3. The second kappa shape index (κ2) is 8.54. The second-order valence-electron chi connectivity index (χ2n) is 6.34. The first kappa shape index (κ1) is 20.7. The quantitative estimate of drug-likeness (QED) is 0.636. The molecule has 0 radical (unpaired) electrons. The zero-order valence-electron chi connectivity index (χ0n) is 16.4. The van der Waals surface area contributed by atoms with E-state index in [1.165, 1.54) is 22.8 Å². The lowest BCUT2D eigenvalue weighted by atomic mass is 10.1. The maximum atomic E-state index is 12.8. The minimum absolute atomic E-state index is 0.0881. The average Bonchev–Trinajstić information content (AvgIpc) is 3.25. The molecule has 8 nitrogen and oxygen atoms in total. The van der Waals surface area contributed by atoms with Crippen LogP contribution in [-0.2, 0) is 10.0 Å². The molecule has 0 aliphatic carbocycles. The Hall–Kier alpha value is -3.04. The summed E-state index contributed by atoms with van der Waals surface area (Å²) in [7, 11) is -3.65.